The van der Waals surface area contributed by atoms with Gasteiger partial charge in [0.1, 0.15) is 12.1 Å². The number of rotatable bonds is 6. The molecule has 0 radical (unpaired) electrons. The van der Waals surface area contributed by atoms with Crippen LogP contribution in [0.25, 0.3) is 0 Å². The Kier molecular flexibility index (Phi) is 8.34. The summed E-state index contributed by atoms with van der Waals surface area (Å²) in [6, 6.07) is 2.03. The molecule has 1 aromatic rings. The number of nitrogens with zero attached hydrogens (tertiary/aromatic N) is 3. The summed E-state index contributed by atoms with van der Waals surface area (Å²) in [7, 11) is 0. The first kappa shape index (κ1) is 23.0. The van der Waals surface area contributed by atoms with Crippen molar-refractivity contribution in [1.82, 2.24) is 20.7 Å². The third-order valence-corrected chi connectivity index (χ3v) is 4.67. The predicted octanol–water partition coefficient (Wildman–Crippen LogP) is 3.64. The van der Waals surface area contributed by atoms with Crippen LogP contribution in [0, 0.1) is 0 Å². The van der Waals surface area contributed by atoms with Crippen LogP contribution in [0.3, 0.4) is 0 Å². The number of nitrogens with one attached hydrogen (secondary N) is 2. The maximum atomic E-state index is 12.6. The summed E-state index contributed by atoms with van der Waals surface area (Å²) in [4.78, 5) is 19.0. The van der Waals surface area contributed by atoms with Gasteiger partial charge in [-0.1, -0.05) is 19.0 Å². The molecule has 2 rings (SSSR count). The highest BCUT2D eigenvalue weighted by Crippen LogP contribution is 2.20. The van der Waals surface area contributed by atoms with Crippen LogP contribution >= 0.6 is 0 Å². The lowest BCUT2D eigenvalue weighted by molar-refractivity contribution is 0.0104. The molecule has 8 heteroatoms. The third-order valence-electron chi connectivity index (χ3n) is 4.67. The fourth-order valence-corrected chi connectivity index (χ4v) is 3.16. The highest BCUT2D eigenvalue weighted by molar-refractivity contribution is 5.79. The molecule has 1 aliphatic heterocycles. The van der Waals surface area contributed by atoms with Crippen LogP contribution in [0.15, 0.2) is 15.6 Å². The fourth-order valence-electron chi connectivity index (χ4n) is 3.16. The van der Waals surface area contributed by atoms with E-state index in [2.05, 4.69) is 34.6 Å². The van der Waals surface area contributed by atoms with Gasteiger partial charge in [0.15, 0.2) is 11.7 Å². The summed E-state index contributed by atoms with van der Waals surface area (Å²) >= 11 is 0. The van der Waals surface area contributed by atoms with Crippen LogP contribution in [0.5, 0.6) is 0 Å². The molecule has 164 valence electrons. The van der Waals surface area contributed by atoms with Crippen LogP contribution in [-0.4, -0.2) is 53.4 Å². The molecule has 1 amide bonds. The van der Waals surface area contributed by atoms with E-state index in [4.69, 9.17) is 9.26 Å². The summed E-state index contributed by atoms with van der Waals surface area (Å²) in [6.45, 7) is 14.4. The number of carbonyl (C=O) groups excluding carboxylic acids is 1. The topological polar surface area (TPSA) is 92.0 Å². The molecular formula is C21H37N5O3. The van der Waals surface area contributed by atoms with Crippen molar-refractivity contribution < 1.29 is 14.1 Å². The Morgan fingerprint density at radius 3 is 2.76 bits per heavy atom. The van der Waals surface area contributed by atoms with Crippen molar-refractivity contribution in [1.29, 1.82) is 0 Å². The predicted molar refractivity (Wildman–Crippen MR) is 114 cm³/mol. The number of carbonyl (C=O) groups is 1. The zero-order chi connectivity index (χ0) is 21.4. The van der Waals surface area contributed by atoms with E-state index in [1.807, 2.05) is 38.7 Å². The molecule has 2 heterocycles. The van der Waals surface area contributed by atoms with Crippen molar-refractivity contribution in [2.75, 3.05) is 19.6 Å². The molecule has 0 spiro atoms. The minimum Gasteiger partial charge on any atom is -0.444 e. The second kappa shape index (κ2) is 10.5. The third kappa shape index (κ3) is 7.59. The van der Waals surface area contributed by atoms with Gasteiger partial charge in [-0.3, -0.25) is 0 Å². The normalized spacial score (nSPS) is 18.1. The van der Waals surface area contributed by atoms with Crippen LogP contribution < -0.4 is 10.6 Å². The van der Waals surface area contributed by atoms with E-state index in [1.54, 1.807) is 0 Å². The number of aliphatic imine (C=N–C) groups is 1. The molecule has 1 aliphatic rings. The first-order valence-corrected chi connectivity index (χ1v) is 10.7. The largest absolute Gasteiger partial charge is 0.444 e. The second-order valence-corrected chi connectivity index (χ2v) is 8.77. The van der Waals surface area contributed by atoms with Crippen molar-refractivity contribution >= 4 is 12.1 Å². The van der Waals surface area contributed by atoms with Gasteiger partial charge in [-0.25, -0.2) is 9.79 Å². The van der Waals surface area contributed by atoms with Gasteiger partial charge in [0.25, 0.3) is 0 Å². The molecule has 0 bridgehead atoms. The summed E-state index contributed by atoms with van der Waals surface area (Å²) in [6.07, 6.45) is 2.82. The minimum atomic E-state index is -0.491. The number of hydrogen-bond acceptors (Lipinski definition) is 5. The molecule has 0 aromatic carbocycles. The average molecular weight is 408 g/mol. The number of amides is 1. The Balaban J connectivity index is 1.96. The Bertz CT molecular complexity index is 678. The van der Waals surface area contributed by atoms with Gasteiger partial charge >= 0.3 is 6.09 Å². The summed E-state index contributed by atoms with van der Waals surface area (Å²) in [5, 5.41) is 10.7. The summed E-state index contributed by atoms with van der Waals surface area (Å²) in [5.74, 6) is 1.76. The van der Waals surface area contributed by atoms with Crippen LogP contribution in [0.1, 0.15) is 78.2 Å². The van der Waals surface area contributed by atoms with Crippen molar-refractivity contribution in [3.63, 3.8) is 0 Å². The van der Waals surface area contributed by atoms with Gasteiger partial charge in [0, 0.05) is 25.7 Å². The van der Waals surface area contributed by atoms with E-state index in [1.165, 1.54) is 0 Å². The number of piperidine rings is 1. The molecule has 8 nitrogen and oxygen atoms in total. The van der Waals surface area contributed by atoms with E-state index >= 15 is 0 Å². The van der Waals surface area contributed by atoms with Gasteiger partial charge in [-0.05, 0) is 52.9 Å². The van der Waals surface area contributed by atoms with Crippen molar-refractivity contribution in [3.8, 4) is 0 Å². The molecule has 2 N–H and O–H groups in total. The zero-order valence-corrected chi connectivity index (χ0v) is 18.7. The number of guanidine groups is 1. The monoisotopic (exact) mass is 407 g/mol. The first-order valence-electron chi connectivity index (χ1n) is 10.7. The van der Waals surface area contributed by atoms with Crippen molar-refractivity contribution in [2.24, 2.45) is 4.99 Å². The lowest BCUT2D eigenvalue weighted by Gasteiger charge is -2.37. The molecule has 0 saturated carbocycles. The quantitative estimate of drug-likeness (QED) is 0.552. The molecule has 0 aliphatic carbocycles. The van der Waals surface area contributed by atoms with Crippen LogP contribution in [-0.2, 0) is 11.3 Å². The average Bonchev–Trinajstić information content (AvgIpc) is 3.12. The Morgan fingerprint density at radius 1 is 1.38 bits per heavy atom. The summed E-state index contributed by atoms with van der Waals surface area (Å²) in [5.41, 5.74) is 0.442. The van der Waals surface area contributed by atoms with Crippen molar-refractivity contribution in [2.45, 2.75) is 84.9 Å². The van der Waals surface area contributed by atoms with E-state index in [-0.39, 0.29) is 12.1 Å². The summed E-state index contributed by atoms with van der Waals surface area (Å²) < 4.78 is 10.9. The van der Waals surface area contributed by atoms with E-state index in [0.717, 1.165) is 43.8 Å². The molecule has 1 aromatic heterocycles. The van der Waals surface area contributed by atoms with Gasteiger partial charge in [0.05, 0.1) is 11.7 Å². The maximum absolute atomic E-state index is 12.6. The van der Waals surface area contributed by atoms with Gasteiger partial charge < -0.3 is 24.8 Å². The zero-order valence-electron chi connectivity index (χ0n) is 18.7. The Hall–Kier alpha value is -2.25. The Labute approximate surface area is 174 Å². The fraction of sp³-hybridized carbons (Fsp3) is 0.762. The number of likely N-dealkylation sites (tertiary alicyclic amines) is 1. The SMILES string of the molecule is CCNC(=NCc1cc(C(C)C)no1)NCC1CCCCN1C(=O)OC(C)(C)C. The highest BCUT2D eigenvalue weighted by atomic mass is 16.6. The molecule has 1 saturated heterocycles. The lowest BCUT2D eigenvalue weighted by atomic mass is 10.0. The molecule has 1 atom stereocenters. The minimum absolute atomic E-state index is 0.0836. The highest BCUT2D eigenvalue weighted by Gasteiger charge is 2.30. The number of hydrogen-bond donors (Lipinski definition) is 2. The molecular weight excluding hydrogens is 370 g/mol. The van der Waals surface area contributed by atoms with Crippen LogP contribution in [0.2, 0.25) is 0 Å². The molecule has 1 fully saturated rings. The van der Waals surface area contributed by atoms with Gasteiger partial charge in [-0.2, -0.15) is 0 Å². The van der Waals surface area contributed by atoms with E-state index in [0.29, 0.717) is 25.0 Å². The van der Waals surface area contributed by atoms with E-state index in [9.17, 15) is 4.79 Å². The molecule has 29 heavy (non-hydrogen) atoms. The second-order valence-electron chi connectivity index (χ2n) is 8.77. The maximum Gasteiger partial charge on any atom is 0.410 e. The standard InChI is InChI=1S/C21H37N5O3/c1-7-22-19(24-14-17-12-18(15(2)3)25-29-17)23-13-16-10-8-9-11-26(16)20(27)28-21(4,5)6/h12,15-16H,7-11,13-14H2,1-6H3,(H2,22,23,24). The van der Waals surface area contributed by atoms with Gasteiger partial charge in [-0.15, -0.1) is 0 Å². The van der Waals surface area contributed by atoms with Gasteiger partial charge in [0.2, 0.25) is 0 Å². The lowest BCUT2D eigenvalue weighted by Crippen LogP contribution is -2.52. The number of aromatic nitrogens is 1. The van der Waals surface area contributed by atoms with E-state index < -0.39 is 5.60 Å². The van der Waals surface area contributed by atoms with Crippen molar-refractivity contribution in [3.05, 3.63) is 17.5 Å². The smallest absolute Gasteiger partial charge is 0.410 e. The number of ether oxygens (including phenoxy) is 1. The van der Waals surface area contributed by atoms with Crippen LogP contribution in [0.4, 0.5) is 4.79 Å². The molecule has 1 unspecified atom stereocenters. The first-order chi connectivity index (χ1) is 13.7. The Morgan fingerprint density at radius 2 is 2.14 bits per heavy atom.